The number of hydrogen-bond acceptors (Lipinski definition) is 7. The van der Waals surface area contributed by atoms with E-state index in [0.29, 0.717) is 35.1 Å². The summed E-state index contributed by atoms with van der Waals surface area (Å²) in [6.45, 7) is 3.51. The van der Waals surface area contributed by atoms with Crippen molar-refractivity contribution in [1.29, 1.82) is 0 Å². The van der Waals surface area contributed by atoms with E-state index in [2.05, 4.69) is 46.4 Å². The first kappa shape index (κ1) is 24.0. The molecule has 3 N–H and O–H groups in total. The third-order valence-corrected chi connectivity index (χ3v) is 8.75. The second kappa shape index (κ2) is 8.73. The highest BCUT2D eigenvalue weighted by Gasteiger charge is 2.74. The van der Waals surface area contributed by atoms with E-state index < -0.39 is 23.7 Å². The predicted molar refractivity (Wildman–Crippen MR) is 146 cm³/mol. The van der Waals surface area contributed by atoms with Crippen LogP contribution in [0.1, 0.15) is 54.2 Å². The molecule has 196 valence electrons. The van der Waals surface area contributed by atoms with Crippen LogP contribution < -0.4 is 5.32 Å². The van der Waals surface area contributed by atoms with Crippen LogP contribution in [-0.4, -0.2) is 53.8 Å². The molecule has 8 heteroatoms. The van der Waals surface area contributed by atoms with Crippen LogP contribution in [0.2, 0.25) is 0 Å². The first-order chi connectivity index (χ1) is 18.9. The molecule has 0 radical (unpaired) electrons. The summed E-state index contributed by atoms with van der Waals surface area (Å²) in [4.78, 5) is 26.6. The first-order valence-corrected chi connectivity index (χ1v) is 13.4. The molecule has 2 heterocycles. The lowest BCUT2D eigenvalue weighted by atomic mass is 9.95. The summed E-state index contributed by atoms with van der Waals surface area (Å²) in [7, 11) is 0. The highest BCUT2D eigenvalue weighted by Crippen LogP contribution is 2.68. The quantitative estimate of drug-likeness (QED) is 0.347. The van der Waals surface area contributed by atoms with Gasteiger partial charge in [-0.3, -0.25) is 4.79 Å². The third-order valence-electron chi connectivity index (χ3n) is 8.75. The summed E-state index contributed by atoms with van der Waals surface area (Å²) >= 11 is 0. The van der Waals surface area contributed by atoms with Crippen molar-refractivity contribution in [1.82, 2.24) is 19.5 Å². The molecule has 39 heavy (non-hydrogen) atoms. The number of carbonyl (C=O) groups is 1. The van der Waals surface area contributed by atoms with Gasteiger partial charge in [0.2, 0.25) is 5.82 Å². The molecule has 0 amide bonds. The molecule has 4 aromatic rings. The van der Waals surface area contributed by atoms with Gasteiger partial charge in [-0.25, -0.2) is 15.0 Å². The highest BCUT2D eigenvalue weighted by atomic mass is 16.3. The summed E-state index contributed by atoms with van der Waals surface area (Å²) < 4.78 is 1.80. The Morgan fingerprint density at radius 3 is 2.67 bits per heavy atom. The number of rotatable bonds is 5. The summed E-state index contributed by atoms with van der Waals surface area (Å²) in [6, 6.07) is 18.0. The monoisotopic (exact) mass is 519 g/mol. The Labute approximate surface area is 226 Å². The number of nitrogens with one attached hydrogen (secondary N) is 1. The maximum absolute atomic E-state index is 12.4. The van der Waals surface area contributed by atoms with Crippen LogP contribution in [-0.2, 0) is 4.79 Å². The van der Waals surface area contributed by atoms with Gasteiger partial charge in [-0.2, -0.15) is 0 Å². The molecule has 8 nitrogen and oxygen atoms in total. The van der Waals surface area contributed by atoms with E-state index in [9.17, 15) is 15.0 Å². The van der Waals surface area contributed by atoms with E-state index in [4.69, 9.17) is 9.97 Å². The molecule has 3 aliphatic rings. The average molecular weight is 520 g/mol. The number of carbonyl (C=O) groups excluding carboxylic acids is 1. The minimum atomic E-state index is -1.11. The van der Waals surface area contributed by atoms with E-state index >= 15 is 0 Å². The highest BCUT2D eigenvalue weighted by molar-refractivity contribution is 5.88. The van der Waals surface area contributed by atoms with E-state index in [-0.39, 0.29) is 17.7 Å². The molecule has 3 aliphatic carbocycles. The molecule has 0 bridgehead atoms. The van der Waals surface area contributed by atoms with Crippen LogP contribution in [0.3, 0.4) is 0 Å². The Morgan fingerprint density at radius 1 is 1.10 bits per heavy atom. The number of aliphatic hydroxyl groups excluding tert-OH is 2. The van der Waals surface area contributed by atoms with Gasteiger partial charge in [0.1, 0.15) is 11.9 Å². The van der Waals surface area contributed by atoms with Crippen LogP contribution in [0.25, 0.3) is 11.2 Å². The van der Waals surface area contributed by atoms with Gasteiger partial charge in [0.15, 0.2) is 17.0 Å². The minimum absolute atomic E-state index is 0.0895. The van der Waals surface area contributed by atoms with Gasteiger partial charge in [0.05, 0.1) is 23.9 Å². The zero-order valence-corrected chi connectivity index (χ0v) is 21.7. The van der Waals surface area contributed by atoms with Gasteiger partial charge < -0.3 is 20.1 Å². The number of ketones is 1. The fourth-order valence-electron chi connectivity index (χ4n) is 6.51. The lowest BCUT2D eigenvalue weighted by molar-refractivity contribution is -0.128. The van der Waals surface area contributed by atoms with Crippen molar-refractivity contribution in [3.63, 3.8) is 0 Å². The molecule has 3 saturated carbocycles. The molecule has 2 aromatic carbocycles. The zero-order chi connectivity index (χ0) is 26.9. The fourth-order valence-corrected chi connectivity index (χ4v) is 6.51. The van der Waals surface area contributed by atoms with E-state index in [1.807, 2.05) is 37.3 Å². The lowest BCUT2D eigenvalue weighted by Gasteiger charge is -2.23. The fraction of sp³-hybridized carbons (Fsp3) is 0.355. The number of nitrogens with zero attached hydrogens (tertiary/aromatic N) is 4. The largest absolute Gasteiger partial charge is 0.389 e. The molecule has 7 rings (SSSR count). The molecular weight excluding hydrogens is 490 g/mol. The van der Waals surface area contributed by atoms with Crippen molar-refractivity contribution in [3.05, 3.63) is 83.4 Å². The average Bonchev–Trinajstić information content (AvgIpc) is 3.81. The van der Waals surface area contributed by atoms with Crippen molar-refractivity contribution in [2.75, 3.05) is 5.32 Å². The van der Waals surface area contributed by atoms with Crippen LogP contribution in [0.5, 0.6) is 0 Å². The van der Waals surface area contributed by atoms with E-state index in [1.165, 1.54) is 12.5 Å². The zero-order valence-electron chi connectivity index (χ0n) is 21.7. The molecule has 3 fully saturated rings. The number of fused-ring (bicyclic) bond motifs is 2. The van der Waals surface area contributed by atoms with Crippen LogP contribution in [0.4, 0.5) is 5.82 Å². The van der Waals surface area contributed by atoms with Crippen molar-refractivity contribution in [2.24, 2.45) is 11.3 Å². The third kappa shape index (κ3) is 3.84. The molecular formula is C31H29N5O3. The Hall–Kier alpha value is -4.06. The van der Waals surface area contributed by atoms with Crippen LogP contribution in [0.15, 0.2) is 60.9 Å². The number of imidazole rings is 1. The Balaban J connectivity index is 1.29. The summed E-state index contributed by atoms with van der Waals surface area (Å²) in [5.74, 6) is 7.34. The Morgan fingerprint density at radius 2 is 1.92 bits per heavy atom. The standard InChI is InChI=1S/C31H29N5O3/c1-17-7-6-8-19(13-17)11-12-24-34-29(33-23-14-21(23)20-9-4-3-5-10-20)25-30(35-24)36(16-32-25)26-22-15-31(22,18(2)37)28(39)27(26)38/h3-10,13,16,21-23,26-28,38-39H,14-15H2,1-2H3,(H,33,34,35)/t21-,22?,23?,26+,27-,28?,31+/m0/s1. The second-order valence-corrected chi connectivity index (χ2v) is 11.2. The van der Waals surface area contributed by atoms with Gasteiger partial charge in [-0.05, 0) is 61.8 Å². The topological polar surface area (TPSA) is 113 Å². The van der Waals surface area contributed by atoms with Gasteiger partial charge in [-0.15, -0.1) is 0 Å². The Bertz CT molecular complexity index is 1670. The maximum atomic E-state index is 12.4. The van der Waals surface area contributed by atoms with E-state index in [0.717, 1.165) is 17.5 Å². The number of hydrogen-bond donors (Lipinski definition) is 3. The molecule has 7 atom stereocenters. The van der Waals surface area contributed by atoms with Crippen molar-refractivity contribution in [3.8, 4) is 11.8 Å². The predicted octanol–water partition coefficient (Wildman–Crippen LogP) is 3.37. The van der Waals surface area contributed by atoms with Crippen molar-refractivity contribution in [2.45, 2.75) is 56.9 Å². The molecule has 0 saturated heterocycles. The van der Waals surface area contributed by atoms with Crippen LogP contribution in [0, 0.1) is 30.1 Å². The van der Waals surface area contributed by atoms with Gasteiger partial charge in [0, 0.05) is 17.5 Å². The molecule has 0 aliphatic heterocycles. The first-order valence-electron chi connectivity index (χ1n) is 13.4. The van der Waals surface area contributed by atoms with Crippen molar-refractivity contribution < 1.29 is 15.0 Å². The number of benzene rings is 2. The SMILES string of the molecule is CC(=O)[C@]12CC1[C@@H](n1cnc3c(NC4C[C@H]4c4ccccc4)nc(C#Cc4cccc(C)c4)nc31)[C@H](O)C2O. The summed E-state index contributed by atoms with van der Waals surface area (Å²) in [5, 5.41) is 25.4. The number of Topliss-reactive ketones (excluding diaryl/α,β-unsaturated/α-hetero) is 1. The molecule has 0 spiro atoms. The minimum Gasteiger partial charge on any atom is -0.389 e. The summed E-state index contributed by atoms with van der Waals surface area (Å²) in [5.41, 5.74) is 3.48. The van der Waals surface area contributed by atoms with Gasteiger partial charge in [0.25, 0.3) is 0 Å². The van der Waals surface area contributed by atoms with Gasteiger partial charge >= 0.3 is 0 Å². The lowest BCUT2D eigenvalue weighted by Crippen LogP contribution is -2.36. The molecule has 2 aromatic heterocycles. The Kier molecular flexibility index (Phi) is 5.38. The molecule has 3 unspecified atom stereocenters. The van der Waals surface area contributed by atoms with Crippen molar-refractivity contribution >= 4 is 22.8 Å². The maximum Gasteiger partial charge on any atom is 0.209 e. The smallest absolute Gasteiger partial charge is 0.209 e. The number of aliphatic hydroxyl groups is 2. The number of aryl methyl sites for hydroxylation is 1. The summed E-state index contributed by atoms with van der Waals surface area (Å²) in [6.07, 6.45) is 0.961. The number of anilines is 1. The van der Waals surface area contributed by atoms with Gasteiger partial charge in [-0.1, -0.05) is 48.4 Å². The normalized spacial score (nSPS) is 30.4. The number of aromatic nitrogens is 4. The van der Waals surface area contributed by atoms with E-state index in [1.54, 1.807) is 10.9 Å². The van der Waals surface area contributed by atoms with Crippen LogP contribution >= 0.6 is 0 Å². The second-order valence-electron chi connectivity index (χ2n) is 11.2.